The first-order valence-corrected chi connectivity index (χ1v) is 5.63. The van der Waals surface area contributed by atoms with Gasteiger partial charge in [-0.3, -0.25) is 4.68 Å². The van der Waals surface area contributed by atoms with Crippen molar-refractivity contribution in [3.05, 3.63) is 29.6 Å². The predicted molar refractivity (Wildman–Crippen MR) is 61.6 cm³/mol. The summed E-state index contributed by atoms with van der Waals surface area (Å²) in [6, 6.07) is 0.648. The molecule has 3 heteroatoms. The Bertz CT molecular complexity index is 352. The van der Waals surface area contributed by atoms with Crippen molar-refractivity contribution in [1.82, 2.24) is 15.1 Å². The number of nitrogens with one attached hydrogen (secondary N) is 1. The van der Waals surface area contributed by atoms with Gasteiger partial charge >= 0.3 is 0 Å². The number of hydrogen-bond donors (Lipinski definition) is 1. The number of hydrogen-bond acceptors (Lipinski definition) is 2. The quantitative estimate of drug-likeness (QED) is 0.764. The van der Waals surface area contributed by atoms with Crippen LogP contribution in [-0.2, 0) is 13.6 Å². The van der Waals surface area contributed by atoms with Gasteiger partial charge in [0, 0.05) is 31.4 Å². The van der Waals surface area contributed by atoms with E-state index in [0.29, 0.717) is 6.04 Å². The lowest BCUT2D eigenvalue weighted by Crippen LogP contribution is -2.29. The van der Waals surface area contributed by atoms with Crippen molar-refractivity contribution >= 4 is 0 Å². The minimum atomic E-state index is 0.648. The summed E-state index contributed by atoms with van der Waals surface area (Å²) >= 11 is 0. The summed E-state index contributed by atoms with van der Waals surface area (Å²) in [6.07, 6.45) is 10.3. The summed E-state index contributed by atoms with van der Waals surface area (Å²) in [5, 5.41) is 7.92. The van der Waals surface area contributed by atoms with Crippen molar-refractivity contribution in [3.8, 4) is 0 Å². The minimum absolute atomic E-state index is 0.648. The normalized spacial score (nSPS) is 20.8. The Morgan fingerprint density at radius 2 is 2.40 bits per heavy atom. The molecule has 0 bridgehead atoms. The molecule has 1 aliphatic rings. The largest absolute Gasteiger partial charge is 0.309 e. The predicted octanol–water partition coefficient (Wildman–Crippen LogP) is 1.93. The number of allylic oxidation sites excluding steroid dienone is 1. The Morgan fingerprint density at radius 3 is 3.00 bits per heavy atom. The van der Waals surface area contributed by atoms with Crippen molar-refractivity contribution in [2.45, 2.75) is 38.8 Å². The summed E-state index contributed by atoms with van der Waals surface area (Å²) in [5.41, 5.74) is 2.45. The van der Waals surface area contributed by atoms with Crippen LogP contribution in [0, 0.1) is 6.92 Å². The van der Waals surface area contributed by atoms with E-state index in [-0.39, 0.29) is 0 Å². The molecule has 1 heterocycles. The highest BCUT2D eigenvalue weighted by molar-refractivity contribution is 5.15. The average Bonchev–Trinajstić information content (AvgIpc) is 2.56. The molecule has 15 heavy (non-hydrogen) atoms. The van der Waals surface area contributed by atoms with Crippen LogP contribution in [0.3, 0.4) is 0 Å². The van der Waals surface area contributed by atoms with E-state index in [1.807, 2.05) is 11.7 Å². The number of aromatic nitrogens is 2. The summed E-state index contributed by atoms with van der Waals surface area (Å²) in [4.78, 5) is 0. The molecular weight excluding hydrogens is 186 g/mol. The lowest BCUT2D eigenvalue weighted by Gasteiger charge is -2.18. The van der Waals surface area contributed by atoms with Gasteiger partial charge in [0.2, 0.25) is 0 Å². The van der Waals surface area contributed by atoms with Gasteiger partial charge in [-0.15, -0.1) is 0 Å². The van der Waals surface area contributed by atoms with E-state index in [0.717, 1.165) is 12.2 Å². The minimum Gasteiger partial charge on any atom is -0.309 e. The summed E-state index contributed by atoms with van der Waals surface area (Å²) in [7, 11) is 1.97. The van der Waals surface area contributed by atoms with Crippen molar-refractivity contribution in [2.24, 2.45) is 7.05 Å². The molecule has 0 saturated heterocycles. The van der Waals surface area contributed by atoms with Crippen LogP contribution in [0.5, 0.6) is 0 Å². The third-order valence-electron chi connectivity index (χ3n) is 2.97. The van der Waals surface area contributed by atoms with Gasteiger partial charge in [0.05, 0.1) is 5.69 Å². The molecular formula is C12H19N3. The fraction of sp³-hybridized carbons (Fsp3) is 0.583. The molecule has 0 amide bonds. The van der Waals surface area contributed by atoms with Crippen LogP contribution < -0.4 is 5.32 Å². The maximum atomic E-state index is 4.34. The van der Waals surface area contributed by atoms with Crippen molar-refractivity contribution in [2.75, 3.05) is 0 Å². The second-order valence-electron chi connectivity index (χ2n) is 4.28. The molecule has 1 aliphatic carbocycles. The van der Waals surface area contributed by atoms with Crippen LogP contribution in [0.4, 0.5) is 0 Å². The molecule has 1 N–H and O–H groups in total. The molecule has 0 radical (unpaired) electrons. The first-order chi connectivity index (χ1) is 7.25. The van der Waals surface area contributed by atoms with E-state index in [1.165, 1.54) is 24.8 Å². The Hall–Kier alpha value is -1.09. The molecule has 1 aromatic heterocycles. The Kier molecular flexibility index (Phi) is 3.21. The summed E-state index contributed by atoms with van der Waals surface area (Å²) < 4.78 is 1.88. The Morgan fingerprint density at radius 1 is 1.53 bits per heavy atom. The molecule has 3 nitrogen and oxygen atoms in total. The van der Waals surface area contributed by atoms with Crippen molar-refractivity contribution in [3.63, 3.8) is 0 Å². The van der Waals surface area contributed by atoms with Crippen LogP contribution in [0.2, 0.25) is 0 Å². The molecule has 1 atom stereocenters. The van der Waals surface area contributed by atoms with Gasteiger partial charge in [-0.1, -0.05) is 12.2 Å². The monoisotopic (exact) mass is 205 g/mol. The fourth-order valence-electron chi connectivity index (χ4n) is 2.06. The van der Waals surface area contributed by atoms with Crippen LogP contribution in [0.15, 0.2) is 18.3 Å². The highest BCUT2D eigenvalue weighted by atomic mass is 15.2. The number of aryl methyl sites for hydroxylation is 2. The number of rotatable bonds is 3. The van der Waals surface area contributed by atoms with E-state index in [4.69, 9.17) is 0 Å². The second kappa shape index (κ2) is 4.62. The third kappa shape index (κ3) is 2.69. The molecule has 2 rings (SSSR count). The fourth-order valence-corrected chi connectivity index (χ4v) is 2.06. The van der Waals surface area contributed by atoms with Gasteiger partial charge in [0.15, 0.2) is 0 Å². The summed E-state index contributed by atoms with van der Waals surface area (Å²) in [6.45, 7) is 3.01. The van der Waals surface area contributed by atoms with Gasteiger partial charge in [-0.2, -0.15) is 5.10 Å². The van der Waals surface area contributed by atoms with Crippen LogP contribution in [0.1, 0.15) is 30.5 Å². The van der Waals surface area contributed by atoms with E-state index < -0.39 is 0 Å². The Labute approximate surface area is 91.2 Å². The van der Waals surface area contributed by atoms with Gasteiger partial charge in [0.25, 0.3) is 0 Å². The SMILES string of the molecule is Cc1nn(C)cc1CNC1CC=CCC1. The zero-order valence-electron chi connectivity index (χ0n) is 9.53. The van der Waals surface area contributed by atoms with E-state index in [2.05, 4.69) is 35.7 Å². The third-order valence-corrected chi connectivity index (χ3v) is 2.97. The first-order valence-electron chi connectivity index (χ1n) is 5.63. The second-order valence-corrected chi connectivity index (χ2v) is 4.28. The number of nitrogens with zero attached hydrogens (tertiary/aromatic N) is 2. The molecule has 0 aromatic carbocycles. The molecule has 82 valence electrons. The lowest BCUT2D eigenvalue weighted by atomic mass is 10.0. The van der Waals surface area contributed by atoms with Crippen LogP contribution in [0.25, 0.3) is 0 Å². The average molecular weight is 205 g/mol. The standard InChI is InChI=1S/C12H19N3/c1-10-11(9-15(2)14-10)8-13-12-6-4-3-5-7-12/h3-4,9,12-13H,5-8H2,1-2H3. The molecule has 0 saturated carbocycles. The Balaban J connectivity index is 1.87. The zero-order chi connectivity index (χ0) is 10.7. The van der Waals surface area contributed by atoms with Crippen LogP contribution >= 0.6 is 0 Å². The molecule has 0 spiro atoms. The molecule has 0 aliphatic heterocycles. The topological polar surface area (TPSA) is 29.9 Å². The van der Waals surface area contributed by atoms with E-state index >= 15 is 0 Å². The van der Waals surface area contributed by atoms with Crippen molar-refractivity contribution in [1.29, 1.82) is 0 Å². The van der Waals surface area contributed by atoms with Gasteiger partial charge in [0.1, 0.15) is 0 Å². The van der Waals surface area contributed by atoms with E-state index in [1.54, 1.807) is 0 Å². The first kappa shape index (κ1) is 10.4. The zero-order valence-corrected chi connectivity index (χ0v) is 9.53. The maximum Gasteiger partial charge on any atom is 0.0638 e. The molecule has 0 fully saturated rings. The molecule has 1 aromatic rings. The lowest BCUT2D eigenvalue weighted by molar-refractivity contribution is 0.474. The highest BCUT2D eigenvalue weighted by Gasteiger charge is 2.10. The summed E-state index contributed by atoms with van der Waals surface area (Å²) in [5.74, 6) is 0. The molecule has 1 unspecified atom stereocenters. The maximum absolute atomic E-state index is 4.34. The van der Waals surface area contributed by atoms with Gasteiger partial charge in [-0.25, -0.2) is 0 Å². The smallest absolute Gasteiger partial charge is 0.0638 e. The highest BCUT2D eigenvalue weighted by Crippen LogP contribution is 2.12. The van der Waals surface area contributed by atoms with Gasteiger partial charge in [-0.05, 0) is 26.2 Å². The van der Waals surface area contributed by atoms with Crippen molar-refractivity contribution < 1.29 is 0 Å². The van der Waals surface area contributed by atoms with Crippen LogP contribution in [-0.4, -0.2) is 15.8 Å². The van der Waals surface area contributed by atoms with E-state index in [9.17, 15) is 0 Å². The van der Waals surface area contributed by atoms with Gasteiger partial charge < -0.3 is 5.32 Å².